The number of benzene rings is 2. The summed E-state index contributed by atoms with van der Waals surface area (Å²) in [6.45, 7) is 2.84. The van der Waals surface area contributed by atoms with Crippen LogP contribution < -0.4 is 4.74 Å². The Bertz CT molecular complexity index is 912. The van der Waals surface area contributed by atoms with Gasteiger partial charge in [-0.15, -0.1) is 0 Å². The van der Waals surface area contributed by atoms with Gasteiger partial charge >= 0.3 is 5.97 Å². The third-order valence-corrected chi connectivity index (χ3v) is 5.22. The van der Waals surface area contributed by atoms with Crippen LogP contribution in [-0.2, 0) is 16.1 Å². The van der Waals surface area contributed by atoms with Crippen LogP contribution in [0, 0.1) is 5.92 Å². The van der Waals surface area contributed by atoms with Gasteiger partial charge in [0.1, 0.15) is 12.4 Å². The number of fused-ring (bicyclic) bond motifs is 1. The number of rotatable bonds is 8. The molecule has 0 spiro atoms. The van der Waals surface area contributed by atoms with Crippen LogP contribution in [0.25, 0.3) is 10.9 Å². The molecule has 0 saturated heterocycles. The number of hydrogen-bond donors (Lipinski definition) is 1. The lowest BCUT2D eigenvalue weighted by atomic mass is 9.90. The average Bonchev–Trinajstić information content (AvgIpc) is 3.45. The van der Waals surface area contributed by atoms with Crippen LogP contribution in [0.5, 0.6) is 5.75 Å². The van der Waals surface area contributed by atoms with Gasteiger partial charge in [-0.1, -0.05) is 30.3 Å². The monoisotopic (exact) mass is 363 g/mol. The number of H-pyrrole nitrogens is 1. The minimum absolute atomic E-state index is 0.105. The van der Waals surface area contributed by atoms with Crippen LogP contribution in [0.3, 0.4) is 0 Å². The fourth-order valence-corrected chi connectivity index (χ4v) is 3.69. The molecule has 0 radical (unpaired) electrons. The van der Waals surface area contributed by atoms with Crippen molar-refractivity contribution in [1.29, 1.82) is 0 Å². The van der Waals surface area contributed by atoms with Gasteiger partial charge in [0.05, 0.1) is 13.0 Å². The van der Waals surface area contributed by atoms with E-state index in [-0.39, 0.29) is 11.9 Å². The molecule has 1 aromatic heterocycles. The Morgan fingerprint density at radius 1 is 1.19 bits per heavy atom. The smallest absolute Gasteiger partial charge is 0.306 e. The van der Waals surface area contributed by atoms with Crippen molar-refractivity contribution in [2.45, 2.75) is 38.7 Å². The number of ether oxygens (including phenoxy) is 2. The Kier molecular flexibility index (Phi) is 5.14. The molecule has 4 heteroatoms. The molecule has 4 rings (SSSR count). The van der Waals surface area contributed by atoms with E-state index in [2.05, 4.69) is 23.2 Å². The first-order valence-electron chi connectivity index (χ1n) is 9.68. The summed E-state index contributed by atoms with van der Waals surface area (Å²) in [5, 5.41) is 1.17. The van der Waals surface area contributed by atoms with E-state index in [0.717, 1.165) is 16.8 Å². The first-order chi connectivity index (χ1) is 13.2. The molecule has 1 unspecified atom stereocenters. The zero-order chi connectivity index (χ0) is 18.6. The summed E-state index contributed by atoms with van der Waals surface area (Å²) < 4.78 is 11.1. The molecule has 3 aromatic rings. The summed E-state index contributed by atoms with van der Waals surface area (Å²) in [6, 6.07) is 16.3. The van der Waals surface area contributed by atoms with Gasteiger partial charge in [0.15, 0.2) is 0 Å². The normalized spacial score (nSPS) is 14.9. The highest BCUT2D eigenvalue weighted by Gasteiger charge is 2.35. The molecule has 27 heavy (non-hydrogen) atoms. The van der Waals surface area contributed by atoms with Crippen LogP contribution >= 0.6 is 0 Å². The molecule has 2 aromatic carbocycles. The van der Waals surface area contributed by atoms with Crippen molar-refractivity contribution in [1.82, 2.24) is 4.98 Å². The number of esters is 1. The van der Waals surface area contributed by atoms with Crippen molar-refractivity contribution in [2.75, 3.05) is 6.61 Å². The number of nitrogens with one attached hydrogen (secondary N) is 1. The number of carbonyl (C=O) groups excluding carboxylic acids is 1. The molecular formula is C23H25NO3. The molecular weight excluding hydrogens is 338 g/mol. The third-order valence-electron chi connectivity index (χ3n) is 5.22. The van der Waals surface area contributed by atoms with E-state index in [0.29, 0.717) is 25.6 Å². The van der Waals surface area contributed by atoms with Crippen molar-refractivity contribution in [3.63, 3.8) is 0 Å². The Morgan fingerprint density at radius 3 is 2.74 bits per heavy atom. The number of carbonyl (C=O) groups is 1. The van der Waals surface area contributed by atoms with Crippen LogP contribution in [0.1, 0.15) is 43.2 Å². The minimum Gasteiger partial charge on any atom is -0.489 e. The topological polar surface area (TPSA) is 51.3 Å². The molecule has 1 N–H and O–H groups in total. The van der Waals surface area contributed by atoms with E-state index < -0.39 is 0 Å². The van der Waals surface area contributed by atoms with Gasteiger partial charge in [-0.05, 0) is 54.9 Å². The summed E-state index contributed by atoms with van der Waals surface area (Å²) in [5.74, 6) is 1.55. The number of aromatic nitrogens is 1. The van der Waals surface area contributed by atoms with Crippen LogP contribution in [0.2, 0.25) is 0 Å². The maximum absolute atomic E-state index is 12.0. The van der Waals surface area contributed by atoms with Gasteiger partial charge in [0.25, 0.3) is 0 Å². The number of hydrogen-bond acceptors (Lipinski definition) is 3. The Hall–Kier alpha value is -2.75. The molecule has 1 aliphatic rings. The second-order valence-electron chi connectivity index (χ2n) is 7.18. The third kappa shape index (κ3) is 4.16. The second-order valence-corrected chi connectivity index (χ2v) is 7.18. The quantitative estimate of drug-likeness (QED) is 0.560. The largest absolute Gasteiger partial charge is 0.489 e. The molecule has 4 nitrogen and oxygen atoms in total. The zero-order valence-corrected chi connectivity index (χ0v) is 15.6. The van der Waals surface area contributed by atoms with Crippen LogP contribution in [0.15, 0.2) is 54.7 Å². The molecule has 1 heterocycles. The molecule has 1 saturated carbocycles. The van der Waals surface area contributed by atoms with Gasteiger partial charge in [-0.2, -0.15) is 0 Å². The summed E-state index contributed by atoms with van der Waals surface area (Å²) >= 11 is 0. The molecule has 140 valence electrons. The van der Waals surface area contributed by atoms with E-state index >= 15 is 0 Å². The van der Waals surface area contributed by atoms with Crippen molar-refractivity contribution < 1.29 is 14.3 Å². The fourth-order valence-electron chi connectivity index (χ4n) is 3.69. The fraction of sp³-hybridized carbons (Fsp3) is 0.348. The Balaban J connectivity index is 1.52. The molecule has 1 fully saturated rings. The lowest BCUT2D eigenvalue weighted by Crippen LogP contribution is -2.11. The van der Waals surface area contributed by atoms with Crippen molar-refractivity contribution in [2.24, 2.45) is 5.92 Å². The van der Waals surface area contributed by atoms with E-state index in [9.17, 15) is 4.79 Å². The van der Waals surface area contributed by atoms with Gasteiger partial charge in [0, 0.05) is 23.2 Å². The second kappa shape index (κ2) is 7.87. The zero-order valence-electron chi connectivity index (χ0n) is 15.6. The highest BCUT2D eigenvalue weighted by Crippen LogP contribution is 2.46. The summed E-state index contributed by atoms with van der Waals surface area (Å²) in [4.78, 5) is 15.4. The van der Waals surface area contributed by atoms with E-state index in [1.165, 1.54) is 23.8 Å². The minimum atomic E-state index is -0.105. The van der Waals surface area contributed by atoms with Gasteiger partial charge < -0.3 is 14.5 Å². The Morgan fingerprint density at radius 2 is 2.00 bits per heavy atom. The van der Waals surface area contributed by atoms with E-state index in [4.69, 9.17) is 9.47 Å². The molecule has 0 bridgehead atoms. The first kappa shape index (κ1) is 17.7. The maximum atomic E-state index is 12.0. The van der Waals surface area contributed by atoms with Gasteiger partial charge in [-0.3, -0.25) is 4.79 Å². The predicted molar refractivity (Wildman–Crippen MR) is 106 cm³/mol. The summed E-state index contributed by atoms with van der Waals surface area (Å²) in [7, 11) is 0. The highest BCUT2D eigenvalue weighted by molar-refractivity contribution is 5.86. The standard InChI is InChI=1S/C23H25NO3/c1-2-26-23(25)13-20(17-8-9-17)21-14-24-22-12-18(10-11-19(21)22)27-15-16-6-4-3-5-7-16/h3-7,10-12,14,17,20,24H,2,8-9,13,15H2,1H3. The SMILES string of the molecule is CCOC(=O)CC(c1c[nH]c2cc(OCc3ccccc3)ccc12)C1CC1. The average molecular weight is 363 g/mol. The molecule has 0 amide bonds. The predicted octanol–water partition coefficient (Wildman–Crippen LogP) is 5.19. The van der Waals surface area contributed by atoms with Crippen molar-refractivity contribution in [3.05, 3.63) is 65.9 Å². The molecule has 0 aliphatic heterocycles. The summed E-state index contributed by atoms with van der Waals surface area (Å²) in [5.41, 5.74) is 3.41. The molecule has 1 atom stereocenters. The van der Waals surface area contributed by atoms with Crippen LogP contribution in [-0.4, -0.2) is 17.6 Å². The molecule has 1 aliphatic carbocycles. The summed E-state index contributed by atoms with van der Waals surface area (Å²) in [6.07, 6.45) is 4.88. The van der Waals surface area contributed by atoms with Crippen LogP contribution in [0.4, 0.5) is 0 Å². The van der Waals surface area contributed by atoms with E-state index in [1.807, 2.05) is 43.5 Å². The maximum Gasteiger partial charge on any atom is 0.306 e. The lowest BCUT2D eigenvalue weighted by molar-refractivity contribution is -0.143. The number of aromatic amines is 1. The lowest BCUT2D eigenvalue weighted by Gasteiger charge is -2.15. The Labute approximate surface area is 159 Å². The first-order valence-corrected chi connectivity index (χ1v) is 9.68. The highest BCUT2D eigenvalue weighted by atomic mass is 16.5. The van der Waals surface area contributed by atoms with Crippen molar-refractivity contribution in [3.8, 4) is 5.75 Å². The van der Waals surface area contributed by atoms with Gasteiger partial charge in [-0.25, -0.2) is 0 Å². The van der Waals surface area contributed by atoms with Gasteiger partial charge in [0.2, 0.25) is 0 Å². The van der Waals surface area contributed by atoms with Crippen molar-refractivity contribution >= 4 is 16.9 Å². The van der Waals surface area contributed by atoms with E-state index in [1.54, 1.807) is 0 Å².